The Morgan fingerprint density at radius 2 is 2.22 bits per heavy atom. The Balaban J connectivity index is 1.79. The van der Waals surface area contributed by atoms with Gasteiger partial charge in [0.15, 0.2) is 0 Å². The molecule has 1 N–H and O–H groups in total. The van der Waals surface area contributed by atoms with E-state index in [1.165, 1.54) is 25.1 Å². The van der Waals surface area contributed by atoms with E-state index in [1.807, 2.05) is 19.1 Å². The zero-order valence-electron chi connectivity index (χ0n) is 11.5. The molecule has 2 rings (SSSR count). The minimum absolute atomic E-state index is 0.727. The number of rotatable bonds is 6. The van der Waals surface area contributed by atoms with Crippen molar-refractivity contribution in [3.8, 4) is 5.75 Å². The van der Waals surface area contributed by atoms with Crippen molar-refractivity contribution in [3.05, 3.63) is 29.8 Å². The van der Waals surface area contributed by atoms with Gasteiger partial charge >= 0.3 is 0 Å². The molecule has 1 atom stereocenters. The van der Waals surface area contributed by atoms with Gasteiger partial charge in [-0.05, 0) is 45.5 Å². The van der Waals surface area contributed by atoms with Crippen LogP contribution in [0.25, 0.3) is 0 Å². The summed E-state index contributed by atoms with van der Waals surface area (Å²) in [5.74, 6) is 1.81. The minimum Gasteiger partial charge on any atom is -0.494 e. The van der Waals surface area contributed by atoms with Crippen LogP contribution >= 0.6 is 0 Å². The number of para-hydroxylation sites is 1. The highest BCUT2D eigenvalue weighted by Crippen LogP contribution is 2.18. The standard InChI is InChI=1S/C15H24N2O/c1-3-18-15-7-5-4-6-14(15)11-16-10-13-8-9-17(2)12-13/h4-7,13,16H,3,8-12H2,1-2H3. The SMILES string of the molecule is CCOc1ccccc1CNCC1CCN(C)C1. The van der Waals surface area contributed by atoms with E-state index in [-0.39, 0.29) is 0 Å². The maximum atomic E-state index is 5.63. The van der Waals surface area contributed by atoms with Crippen molar-refractivity contribution in [1.82, 2.24) is 10.2 Å². The highest BCUT2D eigenvalue weighted by atomic mass is 16.5. The van der Waals surface area contributed by atoms with Gasteiger partial charge in [0.05, 0.1) is 6.61 Å². The van der Waals surface area contributed by atoms with Crippen LogP contribution in [0.3, 0.4) is 0 Å². The number of hydrogen-bond acceptors (Lipinski definition) is 3. The van der Waals surface area contributed by atoms with E-state index in [4.69, 9.17) is 4.74 Å². The van der Waals surface area contributed by atoms with Crippen LogP contribution in [0, 0.1) is 5.92 Å². The van der Waals surface area contributed by atoms with Gasteiger partial charge in [0.2, 0.25) is 0 Å². The van der Waals surface area contributed by atoms with E-state index in [0.29, 0.717) is 0 Å². The van der Waals surface area contributed by atoms with Crippen molar-refractivity contribution in [1.29, 1.82) is 0 Å². The van der Waals surface area contributed by atoms with Crippen LogP contribution < -0.4 is 10.1 Å². The lowest BCUT2D eigenvalue weighted by molar-refractivity contribution is 0.334. The molecule has 0 aliphatic carbocycles. The first-order chi connectivity index (χ1) is 8.79. The molecular weight excluding hydrogens is 224 g/mol. The maximum Gasteiger partial charge on any atom is 0.123 e. The molecule has 0 bridgehead atoms. The average Bonchev–Trinajstić information content (AvgIpc) is 2.78. The van der Waals surface area contributed by atoms with Crippen LogP contribution in [0.15, 0.2) is 24.3 Å². The molecule has 1 unspecified atom stereocenters. The molecule has 1 saturated heterocycles. The lowest BCUT2D eigenvalue weighted by Gasteiger charge is -2.13. The smallest absolute Gasteiger partial charge is 0.123 e. The summed E-state index contributed by atoms with van der Waals surface area (Å²) in [6, 6.07) is 8.28. The number of benzene rings is 1. The fourth-order valence-corrected chi connectivity index (χ4v) is 2.55. The van der Waals surface area contributed by atoms with Crippen molar-refractivity contribution in [2.75, 3.05) is 33.3 Å². The molecule has 1 heterocycles. The third-order valence-electron chi connectivity index (χ3n) is 3.51. The quantitative estimate of drug-likeness (QED) is 0.834. The zero-order valence-corrected chi connectivity index (χ0v) is 11.5. The zero-order chi connectivity index (χ0) is 12.8. The number of nitrogens with zero attached hydrogens (tertiary/aromatic N) is 1. The van der Waals surface area contributed by atoms with Gasteiger partial charge in [-0.2, -0.15) is 0 Å². The van der Waals surface area contributed by atoms with Crippen LogP contribution in [-0.2, 0) is 6.54 Å². The third kappa shape index (κ3) is 3.72. The van der Waals surface area contributed by atoms with Gasteiger partial charge in [0, 0.05) is 18.7 Å². The average molecular weight is 248 g/mol. The Hall–Kier alpha value is -1.06. The topological polar surface area (TPSA) is 24.5 Å². The summed E-state index contributed by atoms with van der Waals surface area (Å²) in [4.78, 5) is 2.40. The second-order valence-electron chi connectivity index (χ2n) is 5.09. The Morgan fingerprint density at radius 1 is 1.39 bits per heavy atom. The molecule has 0 amide bonds. The molecule has 0 aromatic heterocycles. The predicted octanol–water partition coefficient (Wildman–Crippen LogP) is 2.13. The maximum absolute atomic E-state index is 5.63. The predicted molar refractivity (Wildman–Crippen MR) is 74.9 cm³/mol. The number of likely N-dealkylation sites (tertiary alicyclic amines) is 1. The molecule has 3 heteroatoms. The van der Waals surface area contributed by atoms with E-state index in [9.17, 15) is 0 Å². The highest BCUT2D eigenvalue weighted by Gasteiger charge is 2.18. The fourth-order valence-electron chi connectivity index (χ4n) is 2.55. The summed E-state index contributed by atoms with van der Waals surface area (Å²) in [7, 11) is 2.20. The molecule has 1 fully saturated rings. The van der Waals surface area contributed by atoms with E-state index in [1.54, 1.807) is 0 Å². The van der Waals surface area contributed by atoms with Gasteiger partial charge in [-0.1, -0.05) is 18.2 Å². The summed E-state index contributed by atoms with van der Waals surface area (Å²) in [6.45, 7) is 7.21. The first-order valence-corrected chi connectivity index (χ1v) is 6.89. The Morgan fingerprint density at radius 3 is 2.94 bits per heavy atom. The van der Waals surface area contributed by atoms with Gasteiger partial charge < -0.3 is 15.0 Å². The molecule has 100 valence electrons. The second kappa shape index (κ2) is 6.76. The van der Waals surface area contributed by atoms with Gasteiger partial charge in [-0.3, -0.25) is 0 Å². The first-order valence-electron chi connectivity index (χ1n) is 6.89. The molecule has 1 aromatic carbocycles. The molecule has 1 aliphatic rings. The lowest BCUT2D eigenvalue weighted by atomic mass is 10.1. The van der Waals surface area contributed by atoms with Gasteiger partial charge in [-0.25, -0.2) is 0 Å². The summed E-state index contributed by atoms with van der Waals surface area (Å²) in [5, 5.41) is 3.56. The van der Waals surface area contributed by atoms with Crippen molar-refractivity contribution >= 4 is 0 Å². The normalized spacial score (nSPS) is 20.2. The largest absolute Gasteiger partial charge is 0.494 e. The van der Waals surface area contributed by atoms with Crippen molar-refractivity contribution in [2.45, 2.75) is 19.9 Å². The molecule has 1 aromatic rings. The molecule has 0 spiro atoms. The van der Waals surface area contributed by atoms with E-state index in [0.717, 1.165) is 31.4 Å². The molecule has 1 aliphatic heterocycles. The third-order valence-corrected chi connectivity index (χ3v) is 3.51. The van der Waals surface area contributed by atoms with Crippen molar-refractivity contribution in [2.24, 2.45) is 5.92 Å². The molecule has 18 heavy (non-hydrogen) atoms. The number of hydrogen-bond donors (Lipinski definition) is 1. The number of nitrogens with one attached hydrogen (secondary N) is 1. The van der Waals surface area contributed by atoms with Crippen LogP contribution in [0.1, 0.15) is 18.9 Å². The van der Waals surface area contributed by atoms with Crippen LogP contribution in [0.2, 0.25) is 0 Å². The van der Waals surface area contributed by atoms with E-state index >= 15 is 0 Å². The van der Waals surface area contributed by atoms with Crippen molar-refractivity contribution < 1.29 is 4.74 Å². The summed E-state index contributed by atoms with van der Waals surface area (Å²) in [6.07, 6.45) is 1.32. The van der Waals surface area contributed by atoms with Crippen LogP contribution in [0.4, 0.5) is 0 Å². The lowest BCUT2D eigenvalue weighted by Crippen LogP contribution is -2.24. The summed E-state index contributed by atoms with van der Waals surface area (Å²) >= 11 is 0. The Labute approximate surface area is 110 Å². The van der Waals surface area contributed by atoms with E-state index < -0.39 is 0 Å². The Bertz CT molecular complexity index is 367. The van der Waals surface area contributed by atoms with E-state index in [2.05, 4.69) is 29.4 Å². The summed E-state index contributed by atoms with van der Waals surface area (Å²) < 4.78 is 5.63. The van der Waals surface area contributed by atoms with Crippen LogP contribution in [-0.4, -0.2) is 38.2 Å². The van der Waals surface area contributed by atoms with Crippen LogP contribution in [0.5, 0.6) is 5.75 Å². The molecule has 0 radical (unpaired) electrons. The molecular formula is C15H24N2O. The van der Waals surface area contributed by atoms with Gasteiger partial charge in [-0.15, -0.1) is 0 Å². The molecule has 0 saturated carbocycles. The minimum atomic E-state index is 0.727. The summed E-state index contributed by atoms with van der Waals surface area (Å²) in [5.41, 5.74) is 1.26. The number of ether oxygens (including phenoxy) is 1. The first kappa shape index (κ1) is 13.4. The van der Waals surface area contributed by atoms with Gasteiger partial charge in [0.1, 0.15) is 5.75 Å². The second-order valence-corrected chi connectivity index (χ2v) is 5.09. The van der Waals surface area contributed by atoms with Crippen molar-refractivity contribution in [3.63, 3.8) is 0 Å². The molecule has 3 nitrogen and oxygen atoms in total. The highest BCUT2D eigenvalue weighted by molar-refractivity contribution is 5.33. The Kier molecular flexibility index (Phi) is 5.02. The van der Waals surface area contributed by atoms with Gasteiger partial charge in [0.25, 0.3) is 0 Å². The monoisotopic (exact) mass is 248 g/mol. The fraction of sp³-hybridized carbons (Fsp3) is 0.600.